The SMILES string of the molecule is Cc1[nH]nc2c1C(=O)CC(c1ccccc1)C2. The molecule has 86 valence electrons. The molecule has 1 heterocycles. The van der Waals surface area contributed by atoms with Crippen LogP contribution < -0.4 is 0 Å². The fraction of sp³-hybridized carbons (Fsp3) is 0.286. The van der Waals surface area contributed by atoms with Crippen LogP contribution >= 0.6 is 0 Å². The van der Waals surface area contributed by atoms with Crippen molar-refractivity contribution in [2.24, 2.45) is 0 Å². The molecule has 0 fully saturated rings. The lowest BCUT2D eigenvalue weighted by Gasteiger charge is -2.20. The second-order valence-corrected chi connectivity index (χ2v) is 4.61. The number of rotatable bonds is 1. The van der Waals surface area contributed by atoms with Gasteiger partial charge in [0.15, 0.2) is 5.78 Å². The lowest BCUT2D eigenvalue weighted by molar-refractivity contribution is 0.0963. The Kier molecular flexibility index (Phi) is 2.32. The molecule has 17 heavy (non-hydrogen) atoms. The summed E-state index contributed by atoms with van der Waals surface area (Å²) >= 11 is 0. The number of benzene rings is 1. The molecule has 0 radical (unpaired) electrons. The molecule has 0 saturated heterocycles. The van der Waals surface area contributed by atoms with Crippen LogP contribution in [0, 0.1) is 6.92 Å². The van der Waals surface area contributed by atoms with Crippen LogP contribution in [0.5, 0.6) is 0 Å². The summed E-state index contributed by atoms with van der Waals surface area (Å²) in [5.74, 6) is 0.491. The number of Topliss-reactive ketones (excluding diaryl/α,β-unsaturated/α-hetero) is 1. The van der Waals surface area contributed by atoms with Crippen molar-refractivity contribution in [1.29, 1.82) is 0 Å². The standard InChI is InChI=1S/C14H14N2O/c1-9-14-12(16-15-9)7-11(8-13(14)17)10-5-3-2-4-6-10/h2-6,11H,7-8H2,1H3,(H,15,16). The third-order valence-corrected chi connectivity index (χ3v) is 3.44. The molecule has 1 atom stereocenters. The first kappa shape index (κ1) is 10.3. The molecule has 0 saturated carbocycles. The molecular weight excluding hydrogens is 212 g/mol. The zero-order chi connectivity index (χ0) is 11.8. The average Bonchev–Trinajstić information content (AvgIpc) is 2.73. The summed E-state index contributed by atoms with van der Waals surface area (Å²) in [5.41, 5.74) is 3.87. The minimum absolute atomic E-state index is 0.214. The second kappa shape index (κ2) is 3.84. The molecule has 0 aliphatic heterocycles. The van der Waals surface area contributed by atoms with Gasteiger partial charge in [-0.1, -0.05) is 30.3 Å². The van der Waals surface area contributed by atoms with E-state index >= 15 is 0 Å². The van der Waals surface area contributed by atoms with Crippen LogP contribution in [0.15, 0.2) is 30.3 Å². The first-order valence-electron chi connectivity index (χ1n) is 5.87. The van der Waals surface area contributed by atoms with Crippen LogP contribution in [-0.4, -0.2) is 16.0 Å². The highest BCUT2D eigenvalue weighted by Crippen LogP contribution is 2.32. The van der Waals surface area contributed by atoms with E-state index in [1.165, 1.54) is 5.56 Å². The molecule has 1 N–H and O–H groups in total. The van der Waals surface area contributed by atoms with E-state index in [0.717, 1.165) is 23.4 Å². The average molecular weight is 226 g/mol. The van der Waals surface area contributed by atoms with Crippen molar-refractivity contribution in [3.8, 4) is 0 Å². The summed E-state index contributed by atoms with van der Waals surface area (Å²) in [6, 6.07) is 10.2. The maximum Gasteiger partial charge on any atom is 0.167 e. The summed E-state index contributed by atoms with van der Waals surface area (Å²) in [6.07, 6.45) is 1.45. The van der Waals surface area contributed by atoms with E-state index in [0.29, 0.717) is 6.42 Å². The zero-order valence-corrected chi connectivity index (χ0v) is 9.73. The summed E-state index contributed by atoms with van der Waals surface area (Å²) in [7, 11) is 0. The van der Waals surface area contributed by atoms with E-state index < -0.39 is 0 Å². The van der Waals surface area contributed by atoms with Crippen LogP contribution in [0.4, 0.5) is 0 Å². The maximum atomic E-state index is 12.1. The molecule has 2 aromatic rings. The van der Waals surface area contributed by atoms with Crippen molar-refractivity contribution < 1.29 is 4.79 Å². The Morgan fingerprint density at radius 3 is 2.76 bits per heavy atom. The number of hydrogen-bond donors (Lipinski definition) is 1. The van der Waals surface area contributed by atoms with Crippen LogP contribution in [0.25, 0.3) is 0 Å². The molecule has 1 aromatic carbocycles. The fourth-order valence-corrected chi connectivity index (χ4v) is 2.59. The molecule has 1 aromatic heterocycles. The lowest BCUT2D eigenvalue weighted by atomic mass is 9.82. The van der Waals surface area contributed by atoms with Gasteiger partial charge in [-0.2, -0.15) is 5.10 Å². The predicted molar refractivity (Wildman–Crippen MR) is 65.2 cm³/mol. The minimum atomic E-state index is 0.214. The highest BCUT2D eigenvalue weighted by atomic mass is 16.1. The number of nitrogens with one attached hydrogen (secondary N) is 1. The van der Waals surface area contributed by atoms with Crippen molar-refractivity contribution in [2.45, 2.75) is 25.7 Å². The molecule has 1 aliphatic carbocycles. The number of aryl methyl sites for hydroxylation is 1. The number of aromatic nitrogens is 2. The fourth-order valence-electron chi connectivity index (χ4n) is 2.59. The minimum Gasteiger partial charge on any atom is -0.294 e. The Hall–Kier alpha value is -1.90. The number of hydrogen-bond acceptors (Lipinski definition) is 2. The first-order valence-corrected chi connectivity index (χ1v) is 5.87. The van der Waals surface area contributed by atoms with Crippen molar-refractivity contribution in [1.82, 2.24) is 10.2 Å². The molecule has 3 heteroatoms. The Morgan fingerprint density at radius 2 is 2.00 bits per heavy atom. The smallest absolute Gasteiger partial charge is 0.167 e. The third kappa shape index (κ3) is 1.68. The molecule has 0 bridgehead atoms. The summed E-state index contributed by atoms with van der Waals surface area (Å²) in [5, 5.41) is 7.15. The highest BCUT2D eigenvalue weighted by Gasteiger charge is 2.29. The Labute approximate surface area is 99.9 Å². The van der Waals surface area contributed by atoms with Crippen molar-refractivity contribution in [3.63, 3.8) is 0 Å². The van der Waals surface area contributed by atoms with E-state index in [-0.39, 0.29) is 11.7 Å². The van der Waals surface area contributed by atoms with Crippen LogP contribution in [0.2, 0.25) is 0 Å². The number of ketones is 1. The Bertz CT molecular complexity index is 557. The van der Waals surface area contributed by atoms with Crippen molar-refractivity contribution in [2.75, 3.05) is 0 Å². The van der Waals surface area contributed by atoms with Gasteiger partial charge >= 0.3 is 0 Å². The maximum absolute atomic E-state index is 12.1. The van der Waals surface area contributed by atoms with Crippen molar-refractivity contribution in [3.05, 3.63) is 52.8 Å². The van der Waals surface area contributed by atoms with E-state index in [2.05, 4.69) is 22.3 Å². The monoisotopic (exact) mass is 226 g/mol. The van der Waals surface area contributed by atoms with Gasteiger partial charge in [0.2, 0.25) is 0 Å². The number of H-pyrrole nitrogens is 1. The number of nitrogens with zero attached hydrogens (tertiary/aromatic N) is 1. The zero-order valence-electron chi connectivity index (χ0n) is 9.73. The third-order valence-electron chi connectivity index (χ3n) is 3.44. The van der Waals surface area contributed by atoms with Gasteiger partial charge in [-0.25, -0.2) is 0 Å². The quantitative estimate of drug-likeness (QED) is 0.812. The molecule has 0 amide bonds. The van der Waals surface area contributed by atoms with E-state index in [1.54, 1.807) is 0 Å². The van der Waals surface area contributed by atoms with Gasteiger partial charge in [0.05, 0.1) is 11.3 Å². The van der Waals surface area contributed by atoms with Gasteiger partial charge in [-0.3, -0.25) is 9.89 Å². The predicted octanol–water partition coefficient (Wildman–Crippen LogP) is 2.63. The highest BCUT2D eigenvalue weighted by molar-refractivity contribution is 5.99. The van der Waals surface area contributed by atoms with Gasteiger partial charge < -0.3 is 0 Å². The van der Waals surface area contributed by atoms with E-state index in [9.17, 15) is 4.79 Å². The largest absolute Gasteiger partial charge is 0.294 e. The van der Waals surface area contributed by atoms with Crippen LogP contribution in [-0.2, 0) is 6.42 Å². The van der Waals surface area contributed by atoms with E-state index in [4.69, 9.17) is 0 Å². The summed E-state index contributed by atoms with van der Waals surface area (Å²) in [4.78, 5) is 12.1. The number of aromatic amines is 1. The van der Waals surface area contributed by atoms with Crippen molar-refractivity contribution >= 4 is 5.78 Å². The van der Waals surface area contributed by atoms with Gasteiger partial charge in [0.25, 0.3) is 0 Å². The number of carbonyl (C=O) groups excluding carboxylic acids is 1. The van der Waals surface area contributed by atoms with Gasteiger partial charge in [-0.15, -0.1) is 0 Å². The molecule has 1 unspecified atom stereocenters. The second-order valence-electron chi connectivity index (χ2n) is 4.61. The number of fused-ring (bicyclic) bond motifs is 1. The molecule has 3 nitrogen and oxygen atoms in total. The summed E-state index contributed by atoms with van der Waals surface area (Å²) in [6.45, 7) is 1.91. The van der Waals surface area contributed by atoms with Gasteiger partial charge in [-0.05, 0) is 24.8 Å². The Balaban J connectivity index is 1.97. The van der Waals surface area contributed by atoms with Gasteiger partial charge in [0.1, 0.15) is 0 Å². The van der Waals surface area contributed by atoms with E-state index in [1.807, 2.05) is 25.1 Å². The molecule has 0 spiro atoms. The molecule has 1 aliphatic rings. The van der Waals surface area contributed by atoms with Gasteiger partial charge in [0, 0.05) is 12.1 Å². The topological polar surface area (TPSA) is 45.8 Å². The first-order chi connectivity index (χ1) is 8.25. The Morgan fingerprint density at radius 1 is 1.24 bits per heavy atom. The van der Waals surface area contributed by atoms with Crippen LogP contribution in [0.3, 0.4) is 0 Å². The van der Waals surface area contributed by atoms with Crippen LogP contribution in [0.1, 0.15) is 39.6 Å². The molecule has 3 rings (SSSR count). The normalized spacial score (nSPS) is 19.1. The molecular formula is C14H14N2O. The number of carbonyl (C=O) groups is 1. The lowest BCUT2D eigenvalue weighted by Crippen LogP contribution is -2.18. The summed E-state index contributed by atoms with van der Waals surface area (Å²) < 4.78 is 0.